The van der Waals surface area contributed by atoms with Crippen LogP contribution in [0.2, 0.25) is 0 Å². The fourth-order valence-corrected chi connectivity index (χ4v) is 4.35. The van der Waals surface area contributed by atoms with Crippen LogP contribution in [0.15, 0.2) is 52.8 Å². The van der Waals surface area contributed by atoms with E-state index in [0.717, 1.165) is 27.2 Å². The third-order valence-corrected chi connectivity index (χ3v) is 5.71. The molecule has 0 spiro atoms. The van der Waals surface area contributed by atoms with Crippen LogP contribution < -0.4 is 0 Å². The van der Waals surface area contributed by atoms with Crippen molar-refractivity contribution in [1.29, 1.82) is 0 Å². The molecular formula is C16H13N3S2. The lowest BCUT2D eigenvalue weighted by atomic mass is 10.2. The minimum Gasteiger partial charge on any atom is -0.360 e. The number of para-hydroxylation sites is 1. The van der Waals surface area contributed by atoms with E-state index in [-0.39, 0.29) is 0 Å². The molecule has 0 amide bonds. The first kappa shape index (κ1) is 12.9. The van der Waals surface area contributed by atoms with Crippen LogP contribution in [0, 0.1) is 0 Å². The summed E-state index contributed by atoms with van der Waals surface area (Å²) in [6, 6.07) is 10.6. The van der Waals surface area contributed by atoms with Crippen molar-refractivity contribution in [3.63, 3.8) is 0 Å². The Morgan fingerprint density at radius 2 is 2.10 bits per heavy atom. The molecule has 0 radical (unpaired) electrons. The molecule has 21 heavy (non-hydrogen) atoms. The van der Waals surface area contributed by atoms with E-state index in [0.29, 0.717) is 0 Å². The number of nitrogens with one attached hydrogen (secondary N) is 1. The molecule has 104 valence electrons. The van der Waals surface area contributed by atoms with Crippen LogP contribution in [-0.4, -0.2) is 15.0 Å². The molecule has 0 saturated heterocycles. The van der Waals surface area contributed by atoms with E-state index in [1.54, 1.807) is 29.4 Å². The summed E-state index contributed by atoms with van der Waals surface area (Å²) in [6.45, 7) is 2.17. The van der Waals surface area contributed by atoms with Gasteiger partial charge in [-0.05, 0) is 18.6 Å². The SMILES string of the molecule is CCc1cc2c(Sc3c[nH]c4ccccc34)ncnc2s1. The number of thiophene rings is 1. The van der Waals surface area contributed by atoms with Gasteiger partial charge in [0, 0.05) is 32.3 Å². The average molecular weight is 311 g/mol. The van der Waals surface area contributed by atoms with Crippen molar-refractivity contribution in [2.24, 2.45) is 0 Å². The molecule has 3 nitrogen and oxygen atoms in total. The van der Waals surface area contributed by atoms with Crippen LogP contribution in [0.1, 0.15) is 11.8 Å². The molecule has 0 aliphatic carbocycles. The molecule has 1 N–H and O–H groups in total. The summed E-state index contributed by atoms with van der Waals surface area (Å²) in [7, 11) is 0. The van der Waals surface area contributed by atoms with Crippen molar-refractivity contribution in [2.45, 2.75) is 23.3 Å². The van der Waals surface area contributed by atoms with Crippen molar-refractivity contribution in [1.82, 2.24) is 15.0 Å². The van der Waals surface area contributed by atoms with Gasteiger partial charge < -0.3 is 4.98 Å². The highest BCUT2D eigenvalue weighted by Gasteiger charge is 2.11. The zero-order valence-electron chi connectivity index (χ0n) is 11.5. The molecular weight excluding hydrogens is 298 g/mol. The lowest BCUT2D eigenvalue weighted by Crippen LogP contribution is -1.82. The number of aromatic amines is 1. The zero-order valence-corrected chi connectivity index (χ0v) is 13.1. The number of benzene rings is 1. The highest BCUT2D eigenvalue weighted by atomic mass is 32.2. The third kappa shape index (κ3) is 2.22. The molecule has 3 heterocycles. The van der Waals surface area contributed by atoms with Gasteiger partial charge >= 0.3 is 0 Å². The second-order valence-corrected chi connectivity index (χ2v) is 6.91. The van der Waals surface area contributed by atoms with Gasteiger partial charge in [-0.1, -0.05) is 36.9 Å². The molecule has 5 heteroatoms. The lowest BCUT2D eigenvalue weighted by molar-refractivity contribution is 1.11. The number of fused-ring (bicyclic) bond motifs is 2. The fourth-order valence-electron chi connectivity index (χ4n) is 2.37. The van der Waals surface area contributed by atoms with E-state index in [2.05, 4.69) is 52.3 Å². The first-order valence-corrected chi connectivity index (χ1v) is 8.46. The van der Waals surface area contributed by atoms with Crippen molar-refractivity contribution >= 4 is 44.2 Å². The molecule has 0 aliphatic heterocycles. The maximum absolute atomic E-state index is 4.48. The van der Waals surface area contributed by atoms with Gasteiger partial charge in [0.25, 0.3) is 0 Å². The Morgan fingerprint density at radius 3 is 3.00 bits per heavy atom. The van der Waals surface area contributed by atoms with Crippen LogP contribution in [0.5, 0.6) is 0 Å². The van der Waals surface area contributed by atoms with E-state index in [9.17, 15) is 0 Å². The summed E-state index contributed by atoms with van der Waals surface area (Å²) < 4.78 is 0. The van der Waals surface area contributed by atoms with Crippen molar-refractivity contribution in [3.8, 4) is 0 Å². The Labute approximate surface area is 130 Å². The van der Waals surface area contributed by atoms with Crippen LogP contribution in [0.4, 0.5) is 0 Å². The number of aromatic nitrogens is 3. The predicted octanol–water partition coefficient (Wildman–Crippen LogP) is 4.89. The predicted molar refractivity (Wildman–Crippen MR) is 89.2 cm³/mol. The molecule has 3 aromatic heterocycles. The topological polar surface area (TPSA) is 41.6 Å². The molecule has 4 aromatic rings. The number of rotatable bonds is 3. The van der Waals surface area contributed by atoms with Gasteiger partial charge in [0.05, 0.1) is 0 Å². The first-order valence-electron chi connectivity index (χ1n) is 6.82. The second-order valence-electron chi connectivity index (χ2n) is 4.76. The lowest BCUT2D eigenvalue weighted by Gasteiger charge is -2.00. The monoisotopic (exact) mass is 311 g/mol. The highest BCUT2D eigenvalue weighted by molar-refractivity contribution is 7.99. The Hall–Kier alpha value is -1.85. The van der Waals surface area contributed by atoms with E-state index in [1.807, 2.05) is 6.07 Å². The molecule has 1 aromatic carbocycles. The molecule has 0 saturated carbocycles. The molecule has 0 atom stereocenters. The van der Waals surface area contributed by atoms with Gasteiger partial charge in [-0.25, -0.2) is 9.97 Å². The van der Waals surface area contributed by atoms with E-state index >= 15 is 0 Å². The second kappa shape index (κ2) is 5.16. The minimum atomic E-state index is 1.03. The van der Waals surface area contributed by atoms with Gasteiger partial charge in [0.2, 0.25) is 0 Å². The van der Waals surface area contributed by atoms with Crippen molar-refractivity contribution in [3.05, 3.63) is 47.7 Å². The van der Waals surface area contributed by atoms with Gasteiger partial charge in [-0.2, -0.15) is 0 Å². The zero-order chi connectivity index (χ0) is 14.2. The van der Waals surface area contributed by atoms with E-state index in [4.69, 9.17) is 0 Å². The van der Waals surface area contributed by atoms with Gasteiger partial charge in [0.1, 0.15) is 16.2 Å². The number of H-pyrrole nitrogens is 1. The smallest absolute Gasteiger partial charge is 0.128 e. The van der Waals surface area contributed by atoms with E-state index < -0.39 is 0 Å². The Kier molecular flexibility index (Phi) is 3.16. The van der Waals surface area contributed by atoms with Crippen LogP contribution in [-0.2, 0) is 6.42 Å². The highest BCUT2D eigenvalue weighted by Crippen LogP contribution is 2.37. The van der Waals surface area contributed by atoms with Gasteiger partial charge in [-0.15, -0.1) is 11.3 Å². The summed E-state index contributed by atoms with van der Waals surface area (Å²) in [4.78, 5) is 15.8. The largest absolute Gasteiger partial charge is 0.360 e. The Balaban J connectivity index is 1.82. The Bertz CT molecular complexity index is 923. The summed E-state index contributed by atoms with van der Waals surface area (Å²) in [5, 5.41) is 3.43. The van der Waals surface area contributed by atoms with Crippen LogP contribution >= 0.6 is 23.1 Å². The van der Waals surface area contributed by atoms with E-state index in [1.165, 1.54) is 15.2 Å². The van der Waals surface area contributed by atoms with Crippen molar-refractivity contribution < 1.29 is 0 Å². The number of nitrogens with zero attached hydrogens (tertiary/aromatic N) is 2. The first-order chi connectivity index (χ1) is 10.3. The average Bonchev–Trinajstić information content (AvgIpc) is 3.12. The Morgan fingerprint density at radius 1 is 1.19 bits per heavy atom. The summed E-state index contributed by atoms with van der Waals surface area (Å²) >= 11 is 3.46. The van der Waals surface area contributed by atoms with Crippen molar-refractivity contribution in [2.75, 3.05) is 0 Å². The summed E-state index contributed by atoms with van der Waals surface area (Å²) in [6.07, 6.45) is 4.75. The minimum absolute atomic E-state index is 1.03. The summed E-state index contributed by atoms with van der Waals surface area (Å²) in [5.41, 5.74) is 1.16. The van der Waals surface area contributed by atoms with Gasteiger partial charge in [0.15, 0.2) is 0 Å². The molecule has 4 rings (SSSR count). The maximum Gasteiger partial charge on any atom is 0.128 e. The number of hydrogen-bond donors (Lipinski definition) is 1. The number of aryl methyl sites for hydroxylation is 1. The van der Waals surface area contributed by atoms with Gasteiger partial charge in [-0.3, -0.25) is 0 Å². The fraction of sp³-hybridized carbons (Fsp3) is 0.125. The molecule has 0 aliphatic rings. The quantitative estimate of drug-likeness (QED) is 0.548. The molecule has 0 bridgehead atoms. The summed E-state index contributed by atoms with van der Waals surface area (Å²) in [5.74, 6) is 0. The normalized spacial score (nSPS) is 11.5. The molecule has 0 unspecified atom stereocenters. The number of hydrogen-bond acceptors (Lipinski definition) is 4. The third-order valence-electron chi connectivity index (χ3n) is 3.45. The standard InChI is InChI=1S/C16H13N3S2/c1-2-10-7-12-15(20-10)18-9-19-16(12)21-14-8-17-13-6-4-3-5-11(13)14/h3-9,17H,2H2,1H3. The van der Waals surface area contributed by atoms with Crippen LogP contribution in [0.3, 0.4) is 0 Å². The molecule has 0 fully saturated rings. The van der Waals surface area contributed by atoms with Crippen LogP contribution in [0.25, 0.3) is 21.1 Å². The maximum atomic E-state index is 4.48.